The van der Waals surface area contributed by atoms with E-state index >= 15 is 0 Å². The minimum absolute atomic E-state index is 0.0923. The van der Waals surface area contributed by atoms with E-state index in [0.29, 0.717) is 34.6 Å². The van der Waals surface area contributed by atoms with Crippen molar-refractivity contribution in [2.75, 3.05) is 13.2 Å². The fraction of sp³-hybridized carbons (Fsp3) is 0.333. The van der Waals surface area contributed by atoms with E-state index in [2.05, 4.69) is 0 Å². The van der Waals surface area contributed by atoms with Crippen LogP contribution in [0.5, 0.6) is 5.75 Å². The van der Waals surface area contributed by atoms with Gasteiger partial charge in [-0.2, -0.15) is 0 Å². The molecule has 1 heterocycles. The van der Waals surface area contributed by atoms with Gasteiger partial charge >= 0.3 is 5.97 Å². The van der Waals surface area contributed by atoms with Crippen molar-refractivity contribution in [1.82, 2.24) is 0 Å². The molecule has 0 fully saturated rings. The van der Waals surface area contributed by atoms with Crippen LogP contribution in [0.4, 0.5) is 0 Å². The highest BCUT2D eigenvalue weighted by atomic mass is 16.6. The summed E-state index contributed by atoms with van der Waals surface area (Å²) in [6.07, 6.45) is 0. The van der Waals surface area contributed by atoms with Crippen LogP contribution in [0.25, 0.3) is 11.0 Å². The monoisotopic (exact) mass is 276 g/mol. The zero-order valence-corrected chi connectivity index (χ0v) is 11.7. The fourth-order valence-electron chi connectivity index (χ4n) is 1.81. The normalized spacial score (nSPS) is 10.6. The number of ether oxygens (including phenoxy) is 2. The summed E-state index contributed by atoms with van der Waals surface area (Å²) in [6.45, 7) is 5.32. The predicted molar refractivity (Wildman–Crippen MR) is 74.1 cm³/mol. The van der Waals surface area contributed by atoms with Crippen molar-refractivity contribution in [3.8, 4) is 5.75 Å². The Hall–Kier alpha value is -2.30. The van der Waals surface area contributed by atoms with Gasteiger partial charge in [0.25, 0.3) is 0 Å². The SMILES string of the molecule is CCOC(=O)COc1ccc2oc(C)c(C)c(=O)c2c1. The highest BCUT2D eigenvalue weighted by Crippen LogP contribution is 2.20. The number of fused-ring (bicyclic) bond motifs is 1. The highest BCUT2D eigenvalue weighted by Gasteiger charge is 2.10. The molecule has 0 N–H and O–H groups in total. The molecule has 2 aromatic rings. The van der Waals surface area contributed by atoms with E-state index in [1.807, 2.05) is 0 Å². The lowest BCUT2D eigenvalue weighted by Crippen LogP contribution is -2.14. The van der Waals surface area contributed by atoms with Crippen LogP contribution in [0, 0.1) is 13.8 Å². The van der Waals surface area contributed by atoms with Gasteiger partial charge in [-0.3, -0.25) is 4.79 Å². The van der Waals surface area contributed by atoms with Crippen LogP contribution in [0.2, 0.25) is 0 Å². The smallest absolute Gasteiger partial charge is 0.344 e. The minimum atomic E-state index is -0.445. The van der Waals surface area contributed by atoms with E-state index in [4.69, 9.17) is 13.9 Å². The molecule has 0 amide bonds. The van der Waals surface area contributed by atoms with Crippen LogP contribution in [0.1, 0.15) is 18.2 Å². The fourth-order valence-corrected chi connectivity index (χ4v) is 1.81. The predicted octanol–water partition coefficient (Wildman–Crippen LogP) is 2.35. The van der Waals surface area contributed by atoms with Gasteiger partial charge in [0.2, 0.25) is 0 Å². The first-order chi connectivity index (χ1) is 9.52. The van der Waals surface area contributed by atoms with E-state index in [-0.39, 0.29) is 12.0 Å². The first-order valence-corrected chi connectivity index (χ1v) is 6.35. The third kappa shape index (κ3) is 2.82. The van der Waals surface area contributed by atoms with Gasteiger partial charge in [-0.05, 0) is 39.0 Å². The Morgan fingerprint density at radius 1 is 1.30 bits per heavy atom. The Balaban J connectivity index is 2.30. The number of carbonyl (C=O) groups excluding carboxylic acids is 1. The van der Waals surface area contributed by atoms with Crippen molar-refractivity contribution in [3.05, 3.63) is 39.7 Å². The molecular weight excluding hydrogens is 260 g/mol. The number of esters is 1. The summed E-state index contributed by atoms with van der Waals surface area (Å²) in [6, 6.07) is 4.88. The molecule has 0 saturated heterocycles. The largest absolute Gasteiger partial charge is 0.482 e. The van der Waals surface area contributed by atoms with Crippen LogP contribution in [-0.4, -0.2) is 19.2 Å². The maximum atomic E-state index is 12.1. The number of rotatable bonds is 4. The van der Waals surface area contributed by atoms with Crippen molar-refractivity contribution >= 4 is 16.9 Å². The third-order valence-corrected chi connectivity index (χ3v) is 2.99. The van der Waals surface area contributed by atoms with E-state index in [9.17, 15) is 9.59 Å². The molecule has 5 nitrogen and oxygen atoms in total. The van der Waals surface area contributed by atoms with Crippen molar-refractivity contribution in [2.45, 2.75) is 20.8 Å². The number of aryl methyl sites for hydroxylation is 1. The van der Waals surface area contributed by atoms with Gasteiger partial charge < -0.3 is 13.9 Å². The Bertz CT molecular complexity index is 699. The van der Waals surface area contributed by atoms with Gasteiger partial charge in [-0.1, -0.05) is 0 Å². The summed E-state index contributed by atoms with van der Waals surface area (Å²) in [7, 11) is 0. The average molecular weight is 276 g/mol. The molecule has 0 saturated carbocycles. The summed E-state index contributed by atoms with van der Waals surface area (Å²) in [5, 5.41) is 0.439. The first-order valence-electron chi connectivity index (χ1n) is 6.35. The molecule has 0 aliphatic heterocycles. The van der Waals surface area contributed by atoms with Crippen LogP contribution in [0.15, 0.2) is 27.4 Å². The zero-order chi connectivity index (χ0) is 14.7. The molecule has 0 spiro atoms. The van der Waals surface area contributed by atoms with E-state index in [1.165, 1.54) is 0 Å². The Kier molecular flexibility index (Phi) is 4.08. The molecule has 0 radical (unpaired) electrons. The summed E-state index contributed by atoms with van der Waals surface area (Å²) in [4.78, 5) is 23.4. The van der Waals surface area contributed by atoms with E-state index < -0.39 is 5.97 Å². The van der Waals surface area contributed by atoms with E-state index in [1.54, 1.807) is 39.0 Å². The number of hydrogen-bond acceptors (Lipinski definition) is 5. The molecule has 106 valence electrons. The lowest BCUT2D eigenvalue weighted by Gasteiger charge is -2.07. The summed E-state index contributed by atoms with van der Waals surface area (Å²) < 4.78 is 15.6. The van der Waals surface area contributed by atoms with Crippen molar-refractivity contribution in [2.24, 2.45) is 0 Å². The van der Waals surface area contributed by atoms with Gasteiger partial charge in [0.1, 0.15) is 17.1 Å². The van der Waals surface area contributed by atoms with Crippen molar-refractivity contribution < 1.29 is 18.7 Å². The molecule has 0 unspecified atom stereocenters. The van der Waals surface area contributed by atoms with Crippen LogP contribution in [0.3, 0.4) is 0 Å². The maximum Gasteiger partial charge on any atom is 0.344 e. The van der Waals surface area contributed by atoms with Gasteiger partial charge in [0.05, 0.1) is 12.0 Å². The zero-order valence-electron chi connectivity index (χ0n) is 11.7. The number of carbonyl (C=O) groups is 1. The Labute approximate surface area is 116 Å². The summed E-state index contributed by atoms with van der Waals surface area (Å²) in [5.74, 6) is 0.587. The molecule has 0 aliphatic carbocycles. The van der Waals surface area contributed by atoms with Crippen molar-refractivity contribution in [1.29, 1.82) is 0 Å². The lowest BCUT2D eigenvalue weighted by molar-refractivity contribution is -0.145. The van der Waals surface area contributed by atoms with Crippen LogP contribution in [-0.2, 0) is 9.53 Å². The average Bonchev–Trinajstić information content (AvgIpc) is 2.43. The highest BCUT2D eigenvalue weighted by molar-refractivity contribution is 5.79. The van der Waals surface area contributed by atoms with Crippen LogP contribution >= 0.6 is 0 Å². The van der Waals surface area contributed by atoms with Gasteiger partial charge in [-0.25, -0.2) is 4.79 Å². The van der Waals surface area contributed by atoms with E-state index in [0.717, 1.165) is 0 Å². The summed E-state index contributed by atoms with van der Waals surface area (Å²) >= 11 is 0. The molecule has 2 rings (SSSR count). The molecule has 0 aliphatic rings. The molecule has 5 heteroatoms. The second-order valence-corrected chi connectivity index (χ2v) is 4.36. The molecule has 0 bridgehead atoms. The Morgan fingerprint density at radius 2 is 2.05 bits per heavy atom. The quantitative estimate of drug-likeness (QED) is 0.802. The van der Waals surface area contributed by atoms with Gasteiger partial charge in [0, 0.05) is 5.56 Å². The second-order valence-electron chi connectivity index (χ2n) is 4.36. The van der Waals surface area contributed by atoms with Gasteiger partial charge in [0.15, 0.2) is 12.0 Å². The third-order valence-electron chi connectivity index (χ3n) is 2.99. The number of hydrogen-bond donors (Lipinski definition) is 0. The van der Waals surface area contributed by atoms with Crippen LogP contribution < -0.4 is 10.2 Å². The van der Waals surface area contributed by atoms with Crippen molar-refractivity contribution in [3.63, 3.8) is 0 Å². The first kappa shape index (κ1) is 14.1. The molecule has 0 atom stereocenters. The minimum Gasteiger partial charge on any atom is -0.482 e. The molecule has 1 aromatic heterocycles. The molecular formula is C15H16O5. The Morgan fingerprint density at radius 3 is 2.75 bits per heavy atom. The van der Waals surface area contributed by atoms with Gasteiger partial charge in [-0.15, -0.1) is 0 Å². The standard InChI is InChI=1S/C15H16O5/c1-4-18-14(16)8-19-11-5-6-13-12(7-11)15(17)9(2)10(3)20-13/h5-7H,4,8H2,1-3H3. The summed E-state index contributed by atoms with van der Waals surface area (Å²) in [5.41, 5.74) is 0.979. The lowest BCUT2D eigenvalue weighted by atomic mass is 10.1. The second kappa shape index (κ2) is 5.77. The number of benzene rings is 1. The molecule has 1 aromatic carbocycles. The maximum absolute atomic E-state index is 12.1. The topological polar surface area (TPSA) is 65.7 Å². The molecule has 20 heavy (non-hydrogen) atoms.